The Hall–Kier alpha value is -1.46. The molecule has 4 heterocycles. The number of nitrogens with zero attached hydrogens (tertiary/aromatic N) is 4. The summed E-state index contributed by atoms with van der Waals surface area (Å²) in [6, 6.07) is 4.48. The maximum Gasteiger partial charge on any atom is 0.160 e. The van der Waals surface area contributed by atoms with E-state index in [9.17, 15) is 0 Å². The third kappa shape index (κ3) is 1.93. The molecule has 5 heteroatoms. The molecular weight excluding hydrogens is 252 g/mol. The number of ether oxygens (including phenoxy) is 1. The fourth-order valence-corrected chi connectivity index (χ4v) is 3.44. The molecule has 0 spiro atoms. The Morgan fingerprint density at radius 3 is 3.05 bits per heavy atom. The summed E-state index contributed by atoms with van der Waals surface area (Å²) in [4.78, 5) is 11.8. The van der Waals surface area contributed by atoms with E-state index in [0.29, 0.717) is 6.04 Å². The van der Waals surface area contributed by atoms with E-state index < -0.39 is 0 Å². The molecule has 2 fully saturated rings. The summed E-state index contributed by atoms with van der Waals surface area (Å²) in [6.45, 7) is 3.07. The van der Waals surface area contributed by atoms with Gasteiger partial charge in [0.05, 0.1) is 6.04 Å². The van der Waals surface area contributed by atoms with Gasteiger partial charge in [0.15, 0.2) is 5.65 Å². The lowest BCUT2D eigenvalue weighted by molar-refractivity contribution is 0.101. The van der Waals surface area contributed by atoms with Crippen molar-refractivity contribution in [2.24, 2.45) is 0 Å². The Kier molecular flexibility index (Phi) is 2.97. The second-order valence-corrected chi connectivity index (χ2v) is 5.89. The van der Waals surface area contributed by atoms with Crippen LogP contribution in [0.25, 0.3) is 11.2 Å². The average molecular weight is 272 g/mol. The monoisotopic (exact) mass is 272 g/mol. The van der Waals surface area contributed by atoms with Crippen molar-refractivity contribution in [2.75, 3.05) is 26.7 Å². The van der Waals surface area contributed by atoms with Crippen LogP contribution in [0.3, 0.4) is 0 Å². The van der Waals surface area contributed by atoms with Crippen molar-refractivity contribution in [1.29, 1.82) is 0 Å². The summed E-state index contributed by atoms with van der Waals surface area (Å²) in [5.41, 5.74) is 2.01. The van der Waals surface area contributed by atoms with Gasteiger partial charge in [0.2, 0.25) is 0 Å². The molecule has 0 saturated carbocycles. The van der Waals surface area contributed by atoms with Crippen LogP contribution in [0, 0.1) is 0 Å². The molecule has 2 aliphatic heterocycles. The Balaban J connectivity index is 1.84. The molecule has 5 nitrogen and oxygen atoms in total. The lowest BCUT2D eigenvalue weighted by atomic mass is 10.2. The van der Waals surface area contributed by atoms with Crippen molar-refractivity contribution in [1.82, 2.24) is 19.4 Å². The van der Waals surface area contributed by atoms with Crippen molar-refractivity contribution >= 4 is 11.2 Å². The van der Waals surface area contributed by atoms with E-state index in [2.05, 4.69) is 27.6 Å². The molecule has 20 heavy (non-hydrogen) atoms. The van der Waals surface area contributed by atoms with Crippen LogP contribution in [0.4, 0.5) is 0 Å². The molecule has 106 valence electrons. The molecular formula is C15H20N4O. The average Bonchev–Trinajstić information content (AvgIpc) is 3.16. The highest BCUT2D eigenvalue weighted by Gasteiger charge is 2.30. The van der Waals surface area contributed by atoms with E-state index in [4.69, 9.17) is 9.72 Å². The standard InChI is InChI=1S/C15H20N4O/c1-18-8-6-11(10-18)19-14-12(4-2-7-16-14)17-15(19)13-5-3-9-20-13/h2,4,7,11,13H,3,5-6,8-10H2,1H3. The van der Waals surface area contributed by atoms with E-state index in [1.165, 1.54) is 0 Å². The molecule has 4 rings (SSSR count). The van der Waals surface area contributed by atoms with Crippen molar-refractivity contribution in [2.45, 2.75) is 31.4 Å². The minimum atomic E-state index is 0.148. The molecule has 2 aromatic heterocycles. The number of hydrogen-bond acceptors (Lipinski definition) is 4. The van der Waals surface area contributed by atoms with Crippen LogP contribution < -0.4 is 0 Å². The number of likely N-dealkylation sites (tertiary alicyclic amines) is 1. The Labute approximate surface area is 118 Å². The van der Waals surface area contributed by atoms with Gasteiger partial charge in [0.25, 0.3) is 0 Å². The first-order chi connectivity index (χ1) is 9.83. The van der Waals surface area contributed by atoms with Crippen LogP contribution in [0.5, 0.6) is 0 Å². The lowest BCUT2D eigenvalue weighted by Gasteiger charge is -2.18. The number of fused-ring (bicyclic) bond motifs is 1. The first-order valence-corrected chi connectivity index (χ1v) is 7.46. The predicted octanol–water partition coefficient (Wildman–Crippen LogP) is 2.16. The van der Waals surface area contributed by atoms with Crippen LogP contribution in [0.1, 0.15) is 37.2 Å². The summed E-state index contributed by atoms with van der Waals surface area (Å²) in [6.07, 6.45) is 5.38. The van der Waals surface area contributed by atoms with E-state index in [0.717, 1.165) is 55.9 Å². The van der Waals surface area contributed by atoms with E-state index in [1.807, 2.05) is 12.3 Å². The van der Waals surface area contributed by atoms with Crippen molar-refractivity contribution in [3.8, 4) is 0 Å². The van der Waals surface area contributed by atoms with Crippen molar-refractivity contribution < 1.29 is 4.74 Å². The molecule has 0 aromatic carbocycles. The van der Waals surface area contributed by atoms with Gasteiger partial charge in [0, 0.05) is 19.3 Å². The molecule has 0 N–H and O–H groups in total. The van der Waals surface area contributed by atoms with Gasteiger partial charge < -0.3 is 14.2 Å². The highest BCUT2D eigenvalue weighted by molar-refractivity contribution is 5.71. The van der Waals surface area contributed by atoms with Crippen LogP contribution in [-0.2, 0) is 4.74 Å². The normalized spacial score (nSPS) is 27.6. The number of likely N-dealkylation sites (N-methyl/N-ethyl adjacent to an activating group) is 1. The molecule has 0 radical (unpaired) electrons. The van der Waals surface area contributed by atoms with Gasteiger partial charge >= 0.3 is 0 Å². The molecule has 0 aliphatic carbocycles. The molecule has 0 bridgehead atoms. The van der Waals surface area contributed by atoms with Crippen LogP contribution in [-0.4, -0.2) is 46.2 Å². The van der Waals surface area contributed by atoms with Gasteiger partial charge in [-0.3, -0.25) is 0 Å². The molecule has 2 aromatic rings. The molecule has 2 unspecified atom stereocenters. The number of rotatable bonds is 2. The summed E-state index contributed by atoms with van der Waals surface area (Å²) < 4.78 is 8.21. The summed E-state index contributed by atoms with van der Waals surface area (Å²) in [5, 5.41) is 0. The Morgan fingerprint density at radius 1 is 1.35 bits per heavy atom. The first kappa shape index (κ1) is 12.3. The number of hydrogen-bond donors (Lipinski definition) is 0. The van der Waals surface area contributed by atoms with Gasteiger partial charge in [-0.05, 0) is 45.0 Å². The van der Waals surface area contributed by atoms with Gasteiger partial charge in [-0.15, -0.1) is 0 Å². The quantitative estimate of drug-likeness (QED) is 0.840. The molecule has 2 aliphatic rings. The Bertz CT molecular complexity index is 617. The first-order valence-electron chi connectivity index (χ1n) is 7.46. The number of aromatic nitrogens is 3. The fraction of sp³-hybridized carbons (Fsp3) is 0.600. The highest BCUT2D eigenvalue weighted by Crippen LogP contribution is 2.34. The van der Waals surface area contributed by atoms with Crippen molar-refractivity contribution in [3.05, 3.63) is 24.2 Å². The van der Waals surface area contributed by atoms with E-state index >= 15 is 0 Å². The largest absolute Gasteiger partial charge is 0.370 e. The van der Waals surface area contributed by atoms with Crippen LogP contribution in [0.15, 0.2) is 18.3 Å². The smallest absolute Gasteiger partial charge is 0.160 e. The van der Waals surface area contributed by atoms with Crippen LogP contribution in [0.2, 0.25) is 0 Å². The maximum atomic E-state index is 5.87. The molecule has 0 amide bonds. The molecule has 2 atom stereocenters. The fourth-order valence-electron chi connectivity index (χ4n) is 3.44. The van der Waals surface area contributed by atoms with Gasteiger partial charge in [-0.1, -0.05) is 0 Å². The second kappa shape index (κ2) is 4.82. The van der Waals surface area contributed by atoms with E-state index in [1.54, 1.807) is 0 Å². The number of imidazole rings is 1. The third-order valence-corrected chi connectivity index (χ3v) is 4.43. The lowest BCUT2D eigenvalue weighted by Crippen LogP contribution is -2.19. The molecule has 2 saturated heterocycles. The van der Waals surface area contributed by atoms with Crippen LogP contribution >= 0.6 is 0 Å². The zero-order chi connectivity index (χ0) is 13.5. The minimum absolute atomic E-state index is 0.148. The van der Waals surface area contributed by atoms with Crippen molar-refractivity contribution in [3.63, 3.8) is 0 Å². The predicted molar refractivity (Wildman–Crippen MR) is 76.6 cm³/mol. The SMILES string of the molecule is CN1CCC(n2c(C3CCCO3)nc3cccnc32)C1. The van der Waals surface area contributed by atoms with Gasteiger partial charge in [0.1, 0.15) is 17.4 Å². The highest BCUT2D eigenvalue weighted by atomic mass is 16.5. The topological polar surface area (TPSA) is 43.2 Å². The number of pyridine rings is 1. The second-order valence-electron chi connectivity index (χ2n) is 5.89. The maximum absolute atomic E-state index is 5.87. The zero-order valence-corrected chi connectivity index (χ0v) is 11.8. The van der Waals surface area contributed by atoms with E-state index in [-0.39, 0.29) is 6.10 Å². The summed E-state index contributed by atoms with van der Waals surface area (Å²) >= 11 is 0. The van der Waals surface area contributed by atoms with Gasteiger partial charge in [-0.2, -0.15) is 0 Å². The summed E-state index contributed by atoms with van der Waals surface area (Å²) in [5.74, 6) is 1.08. The Morgan fingerprint density at radius 2 is 2.30 bits per heavy atom. The van der Waals surface area contributed by atoms with Gasteiger partial charge in [-0.25, -0.2) is 9.97 Å². The summed E-state index contributed by atoms with van der Waals surface area (Å²) in [7, 11) is 2.18. The minimum Gasteiger partial charge on any atom is -0.370 e. The third-order valence-electron chi connectivity index (χ3n) is 4.43. The zero-order valence-electron chi connectivity index (χ0n) is 11.8.